The van der Waals surface area contributed by atoms with E-state index in [1.807, 2.05) is 31.3 Å². The van der Waals surface area contributed by atoms with Gasteiger partial charge in [0.1, 0.15) is 0 Å². The fourth-order valence-corrected chi connectivity index (χ4v) is 4.27. The van der Waals surface area contributed by atoms with Crippen molar-refractivity contribution in [1.82, 2.24) is 0 Å². The monoisotopic (exact) mass is 391 g/mol. The van der Waals surface area contributed by atoms with E-state index in [4.69, 9.17) is 0 Å². The third kappa shape index (κ3) is 2.90. The fourth-order valence-electron chi connectivity index (χ4n) is 4.27. The smallest absolute Gasteiger partial charge is 0.269 e. The lowest BCUT2D eigenvalue weighted by atomic mass is 9.82. The van der Waals surface area contributed by atoms with Gasteiger partial charge in [0, 0.05) is 42.4 Å². The van der Waals surface area contributed by atoms with Gasteiger partial charge in [-0.25, -0.2) is 0 Å². The maximum atomic E-state index is 13.0. The number of fused-ring (bicyclic) bond motifs is 1. The molecule has 0 N–H and O–H groups in total. The summed E-state index contributed by atoms with van der Waals surface area (Å²) < 4.78 is 0. The first kappa shape index (κ1) is 18.9. The molecule has 1 fully saturated rings. The van der Waals surface area contributed by atoms with Crippen molar-refractivity contribution < 1.29 is 14.5 Å². The molecule has 0 spiro atoms. The maximum absolute atomic E-state index is 13.0. The molecule has 7 heteroatoms. The first-order chi connectivity index (χ1) is 13.7. The summed E-state index contributed by atoms with van der Waals surface area (Å²) in [5.41, 5.74) is 3.24. The summed E-state index contributed by atoms with van der Waals surface area (Å²) in [5, 5.41) is 10.8. The molecule has 2 heterocycles. The summed E-state index contributed by atoms with van der Waals surface area (Å²) in [6, 6.07) is 13.6. The van der Waals surface area contributed by atoms with Crippen LogP contribution in [0.3, 0.4) is 0 Å². The van der Waals surface area contributed by atoms with Gasteiger partial charge in [0.05, 0.1) is 16.5 Å². The number of nitro groups is 1. The predicted octanol–water partition coefficient (Wildman–Crippen LogP) is 3.79. The minimum absolute atomic E-state index is 0.0829. The van der Waals surface area contributed by atoms with Gasteiger partial charge in [-0.05, 0) is 23.8 Å². The van der Waals surface area contributed by atoms with E-state index in [-0.39, 0.29) is 29.3 Å². The molecule has 2 aromatic rings. The minimum Gasteiger partial charge on any atom is -0.347 e. The molecule has 1 atom stereocenters. The molecule has 0 aliphatic carbocycles. The van der Waals surface area contributed by atoms with Gasteiger partial charge in [-0.1, -0.05) is 38.1 Å². The Bertz CT molecular complexity index is 1060. The van der Waals surface area contributed by atoms with Crippen LogP contribution in [0, 0.1) is 16.0 Å². The molecular formula is C22H21N3O4. The first-order valence-electron chi connectivity index (χ1n) is 9.38. The van der Waals surface area contributed by atoms with Crippen LogP contribution >= 0.6 is 0 Å². The van der Waals surface area contributed by atoms with Crippen LogP contribution in [-0.4, -0.2) is 23.8 Å². The summed E-state index contributed by atoms with van der Waals surface area (Å²) in [4.78, 5) is 39.1. The van der Waals surface area contributed by atoms with Gasteiger partial charge in [-0.15, -0.1) is 0 Å². The average molecular weight is 391 g/mol. The second-order valence-corrected chi connectivity index (χ2v) is 7.90. The zero-order valence-electron chi connectivity index (χ0n) is 16.5. The van der Waals surface area contributed by atoms with Gasteiger partial charge in [-0.2, -0.15) is 0 Å². The minimum atomic E-state index is -0.566. The molecule has 0 bridgehead atoms. The van der Waals surface area contributed by atoms with E-state index in [1.54, 1.807) is 0 Å². The quantitative estimate of drug-likeness (QED) is 0.452. The van der Waals surface area contributed by atoms with E-state index >= 15 is 0 Å². The number of non-ortho nitro benzene ring substituents is 1. The normalized spacial score (nSPS) is 21.8. The number of rotatable bonds is 3. The van der Waals surface area contributed by atoms with Crippen molar-refractivity contribution in [2.75, 3.05) is 16.8 Å². The number of allylic oxidation sites excluding steroid dienone is 1. The van der Waals surface area contributed by atoms with Gasteiger partial charge in [-0.3, -0.25) is 24.6 Å². The van der Waals surface area contributed by atoms with Crippen LogP contribution in [0.5, 0.6) is 0 Å². The fraction of sp³-hybridized carbons (Fsp3) is 0.273. The SMILES string of the molecule is CN1/C(=C\C2CC(=O)N(c3ccc([N+](=O)[O-])cc3)C2=O)C(C)(C)c2ccccc21. The average Bonchev–Trinajstić information content (AvgIpc) is 3.08. The molecule has 29 heavy (non-hydrogen) atoms. The Morgan fingerprint density at radius 3 is 2.38 bits per heavy atom. The van der Waals surface area contributed by atoms with Crippen LogP contribution in [0.15, 0.2) is 60.3 Å². The number of amides is 2. The van der Waals surface area contributed by atoms with Crippen molar-refractivity contribution in [3.63, 3.8) is 0 Å². The van der Waals surface area contributed by atoms with E-state index < -0.39 is 10.8 Å². The highest BCUT2D eigenvalue weighted by Gasteiger charge is 2.43. The Hall–Kier alpha value is -3.48. The van der Waals surface area contributed by atoms with Crippen molar-refractivity contribution in [3.05, 3.63) is 76.0 Å². The van der Waals surface area contributed by atoms with E-state index in [9.17, 15) is 19.7 Å². The largest absolute Gasteiger partial charge is 0.347 e. The van der Waals surface area contributed by atoms with Crippen molar-refractivity contribution in [3.8, 4) is 0 Å². The number of nitro benzene ring substituents is 1. The van der Waals surface area contributed by atoms with Crippen LogP contribution in [0.25, 0.3) is 0 Å². The van der Waals surface area contributed by atoms with E-state index in [1.165, 1.54) is 29.8 Å². The topological polar surface area (TPSA) is 83.8 Å². The highest BCUT2D eigenvalue weighted by atomic mass is 16.6. The van der Waals surface area contributed by atoms with Crippen LogP contribution in [0.1, 0.15) is 25.8 Å². The number of hydrogen-bond donors (Lipinski definition) is 0. The Balaban J connectivity index is 1.65. The molecule has 0 radical (unpaired) electrons. The van der Waals surface area contributed by atoms with Crippen molar-refractivity contribution in [2.24, 2.45) is 5.92 Å². The first-order valence-corrected chi connectivity index (χ1v) is 9.38. The van der Waals surface area contributed by atoms with Crippen molar-refractivity contribution in [2.45, 2.75) is 25.7 Å². The standard InChI is InChI=1S/C22H21N3O4/c1-22(2)17-6-4-5-7-18(17)23(3)19(22)12-14-13-20(26)24(21(14)27)15-8-10-16(11-9-15)25(28)29/h4-12,14H,13H2,1-3H3/b19-12-. The molecule has 2 amide bonds. The second-order valence-electron chi connectivity index (χ2n) is 7.90. The van der Waals surface area contributed by atoms with Crippen LogP contribution in [-0.2, 0) is 15.0 Å². The Labute approximate surface area is 168 Å². The highest BCUT2D eigenvalue weighted by Crippen LogP contribution is 2.47. The number of likely N-dealkylation sites (N-methyl/N-ethyl adjacent to an activating group) is 1. The summed E-state index contributed by atoms with van der Waals surface area (Å²) in [6.07, 6.45) is 1.98. The Morgan fingerprint density at radius 1 is 1.10 bits per heavy atom. The second kappa shape index (κ2) is 6.55. The number of hydrogen-bond acceptors (Lipinski definition) is 5. The van der Waals surface area contributed by atoms with Crippen molar-refractivity contribution >= 4 is 28.9 Å². The molecule has 1 saturated heterocycles. The van der Waals surface area contributed by atoms with E-state index in [0.717, 1.165) is 16.3 Å². The molecule has 2 aromatic carbocycles. The predicted molar refractivity (Wildman–Crippen MR) is 110 cm³/mol. The maximum Gasteiger partial charge on any atom is 0.269 e. The summed E-state index contributed by atoms with van der Waals surface area (Å²) in [6.45, 7) is 4.22. The zero-order valence-corrected chi connectivity index (χ0v) is 16.5. The van der Waals surface area contributed by atoms with Crippen molar-refractivity contribution in [1.29, 1.82) is 0 Å². The number of carbonyl (C=O) groups is 2. The van der Waals surface area contributed by atoms with Gasteiger partial charge >= 0.3 is 0 Å². The Kier molecular flexibility index (Phi) is 4.26. The molecule has 7 nitrogen and oxygen atoms in total. The number of benzene rings is 2. The van der Waals surface area contributed by atoms with Crippen LogP contribution in [0.4, 0.5) is 17.1 Å². The van der Waals surface area contributed by atoms with Gasteiger partial charge in [0.25, 0.3) is 5.69 Å². The third-order valence-electron chi connectivity index (χ3n) is 5.80. The van der Waals surface area contributed by atoms with Gasteiger partial charge in [0.15, 0.2) is 0 Å². The van der Waals surface area contributed by atoms with Crippen LogP contribution < -0.4 is 9.80 Å². The number of anilines is 2. The summed E-state index contributed by atoms with van der Waals surface area (Å²) in [5.74, 6) is -1.18. The molecule has 148 valence electrons. The van der Waals surface area contributed by atoms with Crippen LogP contribution in [0.2, 0.25) is 0 Å². The van der Waals surface area contributed by atoms with E-state index in [2.05, 4.69) is 24.8 Å². The molecule has 2 aliphatic rings. The molecule has 4 rings (SSSR count). The lowest BCUT2D eigenvalue weighted by molar-refractivity contribution is -0.384. The molecule has 0 saturated carbocycles. The van der Waals surface area contributed by atoms with Gasteiger partial charge < -0.3 is 4.90 Å². The molecule has 0 aromatic heterocycles. The molecular weight excluding hydrogens is 370 g/mol. The van der Waals surface area contributed by atoms with Gasteiger partial charge in [0.2, 0.25) is 11.8 Å². The molecule has 2 aliphatic heterocycles. The number of imide groups is 1. The lowest BCUT2D eigenvalue weighted by Crippen LogP contribution is -2.31. The zero-order chi connectivity index (χ0) is 20.9. The number of para-hydroxylation sites is 1. The third-order valence-corrected chi connectivity index (χ3v) is 5.80. The summed E-state index contributed by atoms with van der Waals surface area (Å²) >= 11 is 0. The number of carbonyl (C=O) groups excluding carboxylic acids is 2. The lowest BCUT2D eigenvalue weighted by Gasteiger charge is -2.25. The highest BCUT2D eigenvalue weighted by molar-refractivity contribution is 6.21. The van der Waals surface area contributed by atoms with E-state index in [0.29, 0.717) is 5.69 Å². The number of nitrogens with zero attached hydrogens (tertiary/aromatic N) is 3. The molecule has 1 unspecified atom stereocenters. The summed E-state index contributed by atoms with van der Waals surface area (Å²) in [7, 11) is 1.97. The Morgan fingerprint density at radius 2 is 1.76 bits per heavy atom.